The Labute approximate surface area is 237 Å². The van der Waals surface area contributed by atoms with Crippen LogP contribution in [-0.2, 0) is 19.3 Å². The molecule has 0 aromatic heterocycles. The van der Waals surface area contributed by atoms with Gasteiger partial charge in [-0.2, -0.15) is 0 Å². The van der Waals surface area contributed by atoms with E-state index in [4.69, 9.17) is 14.2 Å². The average molecular weight is 556 g/mol. The Hall–Kier alpha value is -1.66. The summed E-state index contributed by atoms with van der Waals surface area (Å²) in [5.74, 6) is 2.78. The van der Waals surface area contributed by atoms with Gasteiger partial charge in [0.2, 0.25) is 0 Å². The molecule has 3 rings (SSSR count). The van der Waals surface area contributed by atoms with E-state index in [-0.39, 0.29) is 24.8 Å². The number of halogens is 2. The maximum absolute atomic E-state index is 5.69. The molecule has 1 aliphatic carbocycles. The summed E-state index contributed by atoms with van der Waals surface area (Å²) >= 11 is 0. The second kappa shape index (κ2) is 18.6. The highest BCUT2D eigenvalue weighted by molar-refractivity contribution is 5.85. The number of methoxy groups -OCH3 is 3. The lowest BCUT2D eigenvalue weighted by Crippen LogP contribution is -2.40. The van der Waals surface area contributed by atoms with Crippen molar-refractivity contribution < 1.29 is 14.2 Å². The quantitative estimate of drug-likeness (QED) is 0.239. The summed E-state index contributed by atoms with van der Waals surface area (Å²) in [5, 5.41) is 3.60. The molecule has 1 aliphatic rings. The van der Waals surface area contributed by atoms with Gasteiger partial charge in [-0.05, 0) is 94.4 Å². The van der Waals surface area contributed by atoms with E-state index in [0.717, 1.165) is 49.6 Å². The lowest BCUT2D eigenvalue weighted by atomic mass is 9.86. The van der Waals surface area contributed by atoms with Gasteiger partial charge in [0.05, 0.1) is 21.3 Å². The predicted molar refractivity (Wildman–Crippen MR) is 160 cm³/mol. The Balaban J connectivity index is 0.00000342. The zero-order valence-corrected chi connectivity index (χ0v) is 24.9. The van der Waals surface area contributed by atoms with E-state index in [0.29, 0.717) is 6.04 Å². The molecule has 1 atom stereocenters. The number of nitrogens with one attached hydrogen (secondary N) is 1. The molecule has 0 bridgehead atoms. The van der Waals surface area contributed by atoms with Gasteiger partial charge in [-0.25, -0.2) is 0 Å². The lowest BCUT2D eigenvalue weighted by molar-refractivity contribution is 0.175. The topological polar surface area (TPSA) is 43.0 Å². The Kier molecular flexibility index (Phi) is 16.7. The minimum atomic E-state index is 0. The number of fused-ring (bicyclic) bond motifs is 1. The van der Waals surface area contributed by atoms with Crippen molar-refractivity contribution in [2.75, 3.05) is 47.5 Å². The van der Waals surface area contributed by atoms with Gasteiger partial charge < -0.3 is 24.4 Å². The van der Waals surface area contributed by atoms with Crippen LogP contribution in [-0.4, -0.2) is 58.5 Å². The third-order valence-electron chi connectivity index (χ3n) is 7.27. The molecule has 0 unspecified atom stereocenters. The van der Waals surface area contributed by atoms with Crippen LogP contribution in [0.2, 0.25) is 0 Å². The van der Waals surface area contributed by atoms with Crippen LogP contribution in [0.15, 0.2) is 36.4 Å². The first-order chi connectivity index (χ1) is 17.2. The SMILES string of the molecule is CCCN(CCCCCCNCCc1ccccc1OC)[C@H]1CCc2c(ccc(OC)c2OC)C1.Cl.Cl. The molecular weight excluding hydrogens is 507 g/mol. The molecule has 5 nitrogen and oxygen atoms in total. The van der Waals surface area contributed by atoms with Gasteiger partial charge >= 0.3 is 0 Å². The van der Waals surface area contributed by atoms with Crippen LogP contribution >= 0.6 is 24.8 Å². The van der Waals surface area contributed by atoms with E-state index in [1.165, 1.54) is 68.3 Å². The summed E-state index contributed by atoms with van der Waals surface area (Å²) in [6.07, 6.45) is 10.8. The smallest absolute Gasteiger partial charge is 0.164 e. The van der Waals surface area contributed by atoms with Gasteiger partial charge in [0, 0.05) is 11.6 Å². The maximum Gasteiger partial charge on any atom is 0.164 e. The fourth-order valence-corrected chi connectivity index (χ4v) is 5.42. The maximum atomic E-state index is 5.69. The molecule has 1 N–H and O–H groups in total. The van der Waals surface area contributed by atoms with Crippen molar-refractivity contribution in [1.29, 1.82) is 0 Å². The van der Waals surface area contributed by atoms with Crippen molar-refractivity contribution >= 4 is 24.8 Å². The van der Waals surface area contributed by atoms with Crippen LogP contribution in [0.4, 0.5) is 0 Å². The van der Waals surface area contributed by atoms with E-state index in [1.54, 1.807) is 21.3 Å². The minimum Gasteiger partial charge on any atom is -0.496 e. The van der Waals surface area contributed by atoms with Gasteiger partial charge in [-0.3, -0.25) is 0 Å². The number of unbranched alkanes of at least 4 members (excludes halogenated alkanes) is 3. The first-order valence-corrected chi connectivity index (χ1v) is 13.5. The van der Waals surface area contributed by atoms with Gasteiger partial charge in [0.1, 0.15) is 5.75 Å². The molecule has 2 aromatic carbocycles. The van der Waals surface area contributed by atoms with Crippen molar-refractivity contribution in [2.45, 2.75) is 70.8 Å². The molecule has 0 aliphatic heterocycles. The van der Waals surface area contributed by atoms with Crippen LogP contribution in [0, 0.1) is 0 Å². The largest absolute Gasteiger partial charge is 0.496 e. The highest BCUT2D eigenvalue weighted by Gasteiger charge is 2.27. The monoisotopic (exact) mass is 554 g/mol. The lowest BCUT2D eigenvalue weighted by Gasteiger charge is -2.36. The van der Waals surface area contributed by atoms with E-state index < -0.39 is 0 Å². The molecule has 0 amide bonds. The first-order valence-electron chi connectivity index (χ1n) is 13.5. The van der Waals surface area contributed by atoms with E-state index >= 15 is 0 Å². The zero-order chi connectivity index (χ0) is 24.9. The number of ether oxygens (including phenoxy) is 3. The van der Waals surface area contributed by atoms with Crippen molar-refractivity contribution in [3.8, 4) is 17.2 Å². The predicted octanol–water partition coefficient (Wildman–Crippen LogP) is 6.52. The number of hydrogen-bond acceptors (Lipinski definition) is 5. The normalized spacial score (nSPS) is 14.4. The fourth-order valence-electron chi connectivity index (χ4n) is 5.42. The molecule has 0 spiro atoms. The Morgan fingerprint density at radius 1 is 0.838 bits per heavy atom. The highest BCUT2D eigenvalue weighted by Crippen LogP contribution is 2.38. The molecule has 7 heteroatoms. The highest BCUT2D eigenvalue weighted by atomic mass is 35.5. The van der Waals surface area contributed by atoms with Crippen LogP contribution in [0.1, 0.15) is 62.1 Å². The summed E-state index contributed by atoms with van der Waals surface area (Å²) in [5.41, 5.74) is 4.05. The molecule has 0 fully saturated rings. The number of para-hydroxylation sites is 1. The fraction of sp³-hybridized carbons (Fsp3) is 0.600. The van der Waals surface area contributed by atoms with Crippen LogP contribution in [0.5, 0.6) is 17.2 Å². The molecule has 2 aromatic rings. The van der Waals surface area contributed by atoms with Crippen molar-refractivity contribution in [2.24, 2.45) is 0 Å². The summed E-state index contributed by atoms with van der Waals surface area (Å²) in [4.78, 5) is 2.74. The van der Waals surface area contributed by atoms with Crippen LogP contribution in [0.25, 0.3) is 0 Å². The van der Waals surface area contributed by atoms with Gasteiger partial charge in [0.15, 0.2) is 11.5 Å². The Morgan fingerprint density at radius 2 is 1.59 bits per heavy atom. The summed E-state index contributed by atoms with van der Waals surface area (Å²) in [6.45, 7) is 6.80. The molecule has 0 radical (unpaired) electrons. The molecule has 0 saturated heterocycles. The number of rotatable bonds is 16. The Morgan fingerprint density at radius 3 is 2.32 bits per heavy atom. The van der Waals surface area contributed by atoms with Crippen LogP contribution in [0.3, 0.4) is 0 Å². The molecular formula is C30H48Cl2N2O3. The summed E-state index contributed by atoms with van der Waals surface area (Å²) < 4.78 is 16.6. The third-order valence-corrected chi connectivity index (χ3v) is 7.27. The van der Waals surface area contributed by atoms with E-state index in [9.17, 15) is 0 Å². The first kappa shape index (κ1) is 33.4. The van der Waals surface area contributed by atoms with Crippen molar-refractivity contribution in [3.63, 3.8) is 0 Å². The minimum absolute atomic E-state index is 0. The standard InChI is InChI=1S/C30H46N2O3.2ClH/c1-5-21-32(26-15-16-27-25(23-26)14-17-29(34-3)30(27)35-4)22-11-7-6-10-19-31-20-18-24-12-8-9-13-28(24)33-2;;/h8-9,12-14,17,26,31H,5-7,10-11,15-16,18-23H2,1-4H3;2*1H/t26-;;/m0../s1. The average Bonchev–Trinajstić information content (AvgIpc) is 2.90. The molecule has 0 heterocycles. The Bertz CT molecular complexity index is 897. The van der Waals surface area contributed by atoms with Gasteiger partial charge in [-0.15, -0.1) is 24.8 Å². The number of nitrogens with zero attached hydrogens (tertiary/aromatic N) is 1. The second-order valence-electron chi connectivity index (χ2n) is 9.60. The zero-order valence-electron chi connectivity index (χ0n) is 23.2. The van der Waals surface area contributed by atoms with Crippen LogP contribution < -0.4 is 19.5 Å². The molecule has 37 heavy (non-hydrogen) atoms. The van der Waals surface area contributed by atoms with E-state index in [1.807, 2.05) is 12.1 Å². The second-order valence-corrected chi connectivity index (χ2v) is 9.60. The molecule has 210 valence electrons. The third kappa shape index (κ3) is 9.86. The van der Waals surface area contributed by atoms with Crippen molar-refractivity contribution in [1.82, 2.24) is 10.2 Å². The number of benzene rings is 2. The van der Waals surface area contributed by atoms with Gasteiger partial charge in [0.25, 0.3) is 0 Å². The summed E-state index contributed by atoms with van der Waals surface area (Å²) in [7, 11) is 5.22. The molecule has 0 saturated carbocycles. The van der Waals surface area contributed by atoms with E-state index in [2.05, 4.69) is 41.4 Å². The van der Waals surface area contributed by atoms with Gasteiger partial charge in [-0.1, -0.05) is 44.0 Å². The summed E-state index contributed by atoms with van der Waals surface area (Å²) in [6, 6.07) is 13.2. The number of hydrogen-bond donors (Lipinski definition) is 1. The van der Waals surface area contributed by atoms with Crippen molar-refractivity contribution in [3.05, 3.63) is 53.1 Å².